The van der Waals surface area contributed by atoms with Crippen molar-refractivity contribution in [3.63, 3.8) is 0 Å². The van der Waals surface area contributed by atoms with Crippen molar-refractivity contribution in [1.82, 2.24) is 14.5 Å². The van der Waals surface area contributed by atoms with Crippen LogP contribution in [0.4, 0.5) is 0 Å². The number of nitrogens with zero attached hydrogens (tertiary/aromatic N) is 2. The highest BCUT2D eigenvalue weighted by atomic mass is 16.1. The van der Waals surface area contributed by atoms with Gasteiger partial charge in [-0.1, -0.05) is 25.5 Å². The normalized spacial score (nSPS) is 11.4. The largest absolute Gasteiger partial charge is 0.361 e. The van der Waals surface area contributed by atoms with E-state index in [0.717, 1.165) is 47.2 Å². The lowest BCUT2D eigenvalue weighted by Crippen LogP contribution is -2.24. The molecule has 1 N–H and O–H groups in total. The van der Waals surface area contributed by atoms with Crippen molar-refractivity contribution in [2.24, 2.45) is 0 Å². The summed E-state index contributed by atoms with van der Waals surface area (Å²) < 4.78 is 1.77. The second-order valence-electron chi connectivity index (χ2n) is 6.04. The summed E-state index contributed by atoms with van der Waals surface area (Å²) in [7, 11) is 0. The Morgan fingerprint density at radius 3 is 2.88 bits per heavy atom. The zero-order valence-corrected chi connectivity index (χ0v) is 13.6. The van der Waals surface area contributed by atoms with Gasteiger partial charge in [0.1, 0.15) is 5.82 Å². The van der Waals surface area contributed by atoms with Gasteiger partial charge < -0.3 is 4.98 Å². The molecule has 0 radical (unpaired) electrons. The Labute approximate surface area is 139 Å². The van der Waals surface area contributed by atoms with E-state index in [1.165, 1.54) is 0 Å². The van der Waals surface area contributed by atoms with E-state index in [4.69, 9.17) is 4.98 Å². The van der Waals surface area contributed by atoms with Gasteiger partial charge in [-0.25, -0.2) is 4.98 Å². The summed E-state index contributed by atoms with van der Waals surface area (Å²) in [5.41, 5.74) is 2.71. The van der Waals surface area contributed by atoms with E-state index in [1.807, 2.05) is 54.7 Å². The molecule has 4 nitrogen and oxygen atoms in total. The lowest BCUT2D eigenvalue weighted by molar-refractivity contribution is 0.721. The Hall–Kier alpha value is -2.88. The van der Waals surface area contributed by atoms with E-state index in [2.05, 4.69) is 11.9 Å². The fraction of sp³-hybridized carbons (Fsp3) is 0.200. The second-order valence-corrected chi connectivity index (χ2v) is 6.04. The van der Waals surface area contributed by atoms with Crippen LogP contribution in [-0.4, -0.2) is 14.5 Å². The molecule has 4 heteroatoms. The van der Waals surface area contributed by atoms with E-state index in [0.29, 0.717) is 5.39 Å². The molecule has 24 heavy (non-hydrogen) atoms. The maximum atomic E-state index is 13.1. The summed E-state index contributed by atoms with van der Waals surface area (Å²) >= 11 is 0. The quantitative estimate of drug-likeness (QED) is 0.613. The number of aromatic amines is 1. The number of hydrogen-bond donors (Lipinski definition) is 1. The van der Waals surface area contributed by atoms with Crippen LogP contribution in [0.2, 0.25) is 0 Å². The highest BCUT2D eigenvalue weighted by Gasteiger charge is 2.12. The molecule has 2 heterocycles. The Kier molecular flexibility index (Phi) is 3.65. The molecule has 0 fully saturated rings. The predicted octanol–water partition coefficient (Wildman–Crippen LogP) is 4.21. The molecule has 2 aromatic carbocycles. The van der Waals surface area contributed by atoms with Crippen LogP contribution < -0.4 is 5.56 Å². The number of benzene rings is 2. The van der Waals surface area contributed by atoms with Crippen molar-refractivity contribution in [2.75, 3.05) is 0 Å². The fourth-order valence-electron chi connectivity index (χ4n) is 3.13. The van der Waals surface area contributed by atoms with E-state index in [1.54, 1.807) is 4.57 Å². The fourth-order valence-corrected chi connectivity index (χ4v) is 3.13. The number of unbranched alkanes of at least 4 members (excludes halogenated alkanes) is 1. The van der Waals surface area contributed by atoms with Crippen LogP contribution in [0.3, 0.4) is 0 Å². The maximum Gasteiger partial charge on any atom is 0.265 e. The molecular formula is C20H19N3O. The van der Waals surface area contributed by atoms with Crippen LogP contribution in [-0.2, 0) is 6.42 Å². The molecule has 0 aliphatic rings. The van der Waals surface area contributed by atoms with Gasteiger partial charge in [0, 0.05) is 23.5 Å². The predicted molar refractivity (Wildman–Crippen MR) is 97.8 cm³/mol. The zero-order valence-electron chi connectivity index (χ0n) is 13.6. The van der Waals surface area contributed by atoms with E-state index in [9.17, 15) is 4.79 Å². The Morgan fingerprint density at radius 2 is 2.00 bits per heavy atom. The molecule has 0 atom stereocenters. The highest BCUT2D eigenvalue weighted by molar-refractivity contribution is 5.82. The number of nitrogens with one attached hydrogen (secondary N) is 1. The molecule has 120 valence electrons. The zero-order chi connectivity index (χ0) is 16.5. The molecule has 0 unspecified atom stereocenters. The first kappa shape index (κ1) is 14.7. The summed E-state index contributed by atoms with van der Waals surface area (Å²) in [6.45, 7) is 2.15. The van der Waals surface area contributed by atoms with Crippen molar-refractivity contribution in [3.05, 3.63) is 70.9 Å². The molecule has 0 bridgehead atoms. The van der Waals surface area contributed by atoms with Gasteiger partial charge in [-0.2, -0.15) is 0 Å². The molecule has 4 aromatic rings. The van der Waals surface area contributed by atoms with Crippen LogP contribution in [0.5, 0.6) is 0 Å². The van der Waals surface area contributed by atoms with E-state index in [-0.39, 0.29) is 5.56 Å². The summed E-state index contributed by atoms with van der Waals surface area (Å²) in [4.78, 5) is 21.1. The highest BCUT2D eigenvalue weighted by Crippen LogP contribution is 2.19. The topological polar surface area (TPSA) is 50.7 Å². The van der Waals surface area contributed by atoms with Crippen molar-refractivity contribution in [3.8, 4) is 5.69 Å². The number of H-pyrrole nitrogens is 1. The summed E-state index contributed by atoms with van der Waals surface area (Å²) in [6, 6.07) is 15.6. The molecule has 0 amide bonds. The average molecular weight is 317 g/mol. The first-order valence-electron chi connectivity index (χ1n) is 8.36. The number of aromatic nitrogens is 3. The van der Waals surface area contributed by atoms with Crippen molar-refractivity contribution in [2.45, 2.75) is 26.2 Å². The monoisotopic (exact) mass is 317 g/mol. The third-order valence-electron chi connectivity index (χ3n) is 4.39. The molecule has 0 spiro atoms. The lowest BCUT2D eigenvalue weighted by atomic mass is 10.1. The van der Waals surface area contributed by atoms with Crippen LogP contribution in [0.15, 0.2) is 59.5 Å². The molecule has 0 aliphatic carbocycles. The molecule has 0 saturated heterocycles. The molecular weight excluding hydrogens is 298 g/mol. The van der Waals surface area contributed by atoms with Crippen LogP contribution >= 0.6 is 0 Å². The maximum absolute atomic E-state index is 13.1. The SMILES string of the molecule is CCCCc1nc2ccccc2c(=O)n1-c1ccc2[nH]ccc2c1. The van der Waals surface area contributed by atoms with Crippen molar-refractivity contribution < 1.29 is 0 Å². The first-order chi connectivity index (χ1) is 11.8. The molecule has 0 saturated carbocycles. The van der Waals surface area contributed by atoms with Crippen LogP contribution in [0.25, 0.3) is 27.5 Å². The second kappa shape index (κ2) is 5.96. The number of para-hydroxylation sites is 1. The standard InChI is InChI=1S/C20H19N3O/c1-2-3-8-19-22-18-7-5-4-6-16(18)20(24)23(19)15-9-10-17-14(13-15)11-12-21-17/h4-7,9-13,21H,2-3,8H2,1H3. The number of aryl methyl sites for hydroxylation is 1. The smallest absolute Gasteiger partial charge is 0.265 e. The van der Waals surface area contributed by atoms with E-state index < -0.39 is 0 Å². The van der Waals surface area contributed by atoms with Gasteiger partial charge in [0.2, 0.25) is 0 Å². The minimum absolute atomic E-state index is 0.00147. The minimum Gasteiger partial charge on any atom is -0.361 e. The van der Waals surface area contributed by atoms with Gasteiger partial charge in [0.05, 0.1) is 16.6 Å². The van der Waals surface area contributed by atoms with Gasteiger partial charge >= 0.3 is 0 Å². The third kappa shape index (κ3) is 2.40. The first-order valence-corrected chi connectivity index (χ1v) is 8.36. The van der Waals surface area contributed by atoms with Gasteiger partial charge in [0.15, 0.2) is 0 Å². The van der Waals surface area contributed by atoms with Crippen molar-refractivity contribution >= 4 is 21.8 Å². The lowest BCUT2D eigenvalue weighted by Gasteiger charge is -2.13. The summed E-state index contributed by atoms with van der Waals surface area (Å²) in [5, 5.41) is 1.75. The number of fused-ring (bicyclic) bond motifs is 2. The molecule has 4 rings (SSSR count). The van der Waals surface area contributed by atoms with Gasteiger partial charge in [-0.3, -0.25) is 9.36 Å². The van der Waals surface area contributed by atoms with Gasteiger partial charge in [-0.05, 0) is 42.8 Å². The van der Waals surface area contributed by atoms with Crippen molar-refractivity contribution in [1.29, 1.82) is 0 Å². The third-order valence-corrected chi connectivity index (χ3v) is 4.39. The number of hydrogen-bond acceptors (Lipinski definition) is 2. The van der Waals surface area contributed by atoms with Gasteiger partial charge in [0.25, 0.3) is 5.56 Å². The van der Waals surface area contributed by atoms with Crippen LogP contribution in [0.1, 0.15) is 25.6 Å². The molecule has 2 aromatic heterocycles. The summed E-state index contributed by atoms with van der Waals surface area (Å²) in [6.07, 6.45) is 4.78. The summed E-state index contributed by atoms with van der Waals surface area (Å²) in [5.74, 6) is 0.829. The Balaban J connectivity index is 2.00. The number of rotatable bonds is 4. The Morgan fingerprint density at radius 1 is 1.12 bits per heavy atom. The average Bonchev–Trinajstić information content (AvgIpc) is 3.07. The van der Waals surface area contributed by atoms with Gasteiger partial charge in [-0.15, -0.1) is 0 Å². The molecule has 0 aliphatic heterocycles. The minimum atomic E-state index is 0.00147. The Bertz CT molecular complexity index is 1080. The van der Waals surface area contributed by atoms with E-state index >= 15 is 0 Å². The van der Waals surface area contributed by atoms with Crippen LogP contribution in [0, 0.1) is 0 Å².